The van der Waals surface area contributed by atoms with Gasteiger partial charge in [0.15, 0.2) is 0 Å². The third-order valence-electron chi connectivity index (χ3n) is 1.92. The lowest BCUT2D eigenvalue weighted by atomic mass is 10.3. The zero-order chi connectivity index (χ0) is 9.90. The molecule has 0 N–H and O–H groups in total. The molecule has 0 amide bonds. The SMILES string of the molecule is CCCCN1C=CN(C(F)(F)F)C1. The summed E-state index contributed by atoms with van der Waals surface area (Å²) < 4.78 is 36.3. The van der Waals surface area contributed by atoms with Crippen LogP contribution in [0.3, 0.4) is 0 Å². The maximum Gasteiger partial charge on any atom is 0.485 e. The minimum absolute atomic E-state index is 0.0660. The normalized spacial score (nSPS) is 17.2. The van der Waals surface area contributed by atoms with Gasteiger partial charge in [-0.15, -0.1) is 0 Å². The van der Waals surface area contributed by atoms with E-state index in [1.807, 2.05) is 6.92 Å². The fourth-order valence-corrected chi connectivity index (χ4v) is 1.14. The highest BCUT2D eigenvalue weighted by Crippen LogP contribution is 2.24. The van der Waals surface area contributed by atoms with E-state index in [-0.39, 0.29) is 6.67 Å². The van der Waals surface area contributed by atoms with Crippen LogP contribution in [0.2, 0.25) is 0 Å². The summed E-state index contributed by atoms with van der Waals surface area (Å²) in [4.78, 5) is 2.04. The molecule has 0 bridgehead atoms. The second-order valence-corrected chi connectivity index (χ2v) is 3.04. The molecule has 0 fully saturated rings. The van der Waals surface area contributed by atoms with Gasteiger partial charge in [0.2, 0.25) is 0 Å². The summed E-state index contributed by atoms with van der Waals surface area (Å²) >= 11 is 0. The van der Waals surface area contributed by atoms with Crippen molar-refractivity contribution in [2.45, 2.75) is 26.1 Å². The van der Waals surface area contributed by atoms with Crippen LogP contribution < -0.4 is 0 Å². The Morgan fingerprint density at radius 2 is 2.00 bits per heavy atom. The Balaban J connectivity index is 2.34. The summed E-state index contributed by atoms with van der Waals surface area (Å²) in [5, 5.41) is 0. The van der Waals surface area contributed by atoms with E-state index in [9.17, 15) is 13.2 Å². The Morgan fingerprint density at radius 1 is 1.31 bits per heavy atom. The molecule has 0 aliphatic carbocycles. The molecule has 0 atom stereocenters. The van der Waals surface area contributed by atoms with E-state index in [4.69, 9.17) is 0 Å². The first-order chi connectivity index (χ1) is 6.04. The molecule has 0 saturated carbocycles. The highest BCUT2D eigenvalue weighted by Gasteiger charge is 2.37. The van der Waals surface area contributed by atoms with Crippen molar-refractivity contribution in [1.29, 1.82) is 0 Å². The van der Waals surface area contributed by atoms with Crippen LogP contribution in [-0.2, 0) is 0 Å². The fourth-order valence-electron chi connectivity index (χ4n) is 1.14. The summed E-state index contributed by atoms with van der Waals surface area (Å²) in [6, 6.07) is 0. The van der Waals surface area contributed by atoms with Crippen molar-refractivity contribution in [2.75, 3.05) is 13.2 Å². The Bertz CT molecular complexity index is 188. The van der Waals surface area contributed by atoms with Crippen molar-refractivity contribution < 1.29 is 13.2 Å². The molecule has 5 heteroatoms. The largest absolute Gasteiger partial charge is 0.485 e. The smallest absolute Gasteiger partial charge is 0.358 e. The molecule has 13 heavy (non-hydrogen) atoms. The second kappa shape index (κ2) is 3.89. The van der Waals surface area contributed by atoms with Gasteiger partial charge in [0, 0.05) is 18.9 Å². The van der Waals surface area contributed by atoms with Crippen LogP contribution in [0.15, 0.2) is 12.4 Å². The third-order valence-corrected chi connectivity index (χ3v) is 1.92. The molecule has 76 valence electrons. The zero-order valence-corrected chi connectivity index (χ0v) is 7.51. The molecule has 0 radical (unpaired) electrons. The number of hydrogen-bond acceptors (Lipinski definition) is 2. The molecule has 0 spiro atoms. The van der Waals surface area contributed by atoms with Gasteiger partial charge in [0.05, 0.1) is 6.67 Å². The van der Waals surface area contributed by atoms with Crippen LogP contribution in [0.25, 0.3) is 0 Å². The molecule has 0 saturated heterocycles. The summed E-state index contributed by atoms with van der Waals surface area (Å²) in [7, 11) is 0. The van der Waals surface area contributed by atoms with Crippen molar-refractivity contribution in [2.24, 2.45) is 0 Å². The molecule has 0 aromatic rings. The van der Waals surface area contributed by atoms with Crippen molar-refractivity contribution in [3.05, 3.63) is 12.4 Å². The van der Waals surface area contributed by atoms with Crippen molar-refractivity contribution in [3.8, 4) is 0 Å². The standard InChI is InChI=1S/C8H13F3N2/c1-2-3-4-12-5-6-13(7-12)8(9,10)11/h5-6H,2-4,7H2,1H3. The predicted molar refractivity (Wildman–Crippen MR) is 43.5 cm³/mol. The van der Waals surface area contributed by atoms with Gasteiger partial charge in [-0.1, -0.05) is 13.3 Å². The van der Waals surface area contributed by atoms with E-state index in [1.54, 1.807) is 4.90 Å². The summed E-state index contributed by atoms with van der Waals surface area (Å²) in [5.41, 5.74) is 0. The van der Waals surface area contributed by atoms with Crippen LogP contribution in [0, 0.1) is 0 Å². The van der Waals surface area contributed by atoms with Gasteiger partial charge in [-0.25, -0.2) is 0 Å². The van der Waals surface area contributed by atoms with Gasteiger partial charge >= 0.3 is 6.30 Å². The summed E-state index contributed by atoms with van der Waals surface area (Å²) in [5.74, 6) is 0. The average molecular weight is 194 g/mol. The van der Waals surface area contributed by atoms with E-state index in [1.165, 1.54) is 6.20 Å². The molecule has 0 unspecified atom stereocenters. The molecule has 2 nitrogen and oxygen atoms in total. The van der Waals surface area contributed by atoms with Crippen LogP contribution in [0.1, 0.15) is 19.8 Å². The molecule has 0 aromatic carbocycles. The van der Waals surface area contributed by atoms with Crippen molar-refractivity contribution in [3.63, 3.8) is 0 Å². The minimum Gasteiger partial charge on any atom is -0.358 e. The minimum atomic E-state index is -4.24. The third kappa shape index (κ3) is 2.82. The van der Waals surface area contributed by atoms with Crippen LogP contribution in [-0.4, -0.2) is 29.3 Å². The maximum atomic E-state index is 12.1. The number of unbranched alkanes of at least 4 members (excludes halogenated alkanes) is 1. The van der Waals surface area contributed by atoms with Crippen LogP contribution in [0.4, 0.5) is 13.2 Å². The van der Waals surface area contributed by atoms with E-state index in [0.717, 1.165) is 19.0 Å². The number of halogens is 3. The lowest BCUT2D eigenvalue weighted by Crippen LogP contribution is -2.36. The molecule has 0 aromatic heterocycles. The molecular formula is C8H13F3N2. The molecular weight excluding hydrogens is 181 g/mol. The number of hydrogen-bond donors (Lipinski definition) is 0. The Morgan fingerprint density at radius 3 is 2.46 bits per heavy atom. The second-order valence-electron chi connectivity index (χ2n) is 3.04. The van der Waals surface area contributed by atoms with E-state index < -0.39 is 6.30 Å². The number of nitrogens with zero attached hydrogens (tertiary/aromatic N) is 2. The van der Waals surface area contributed by atoms with Crippen LogP contribution in [0.5, 0.6) is 0 Å². The average Bonchev–Trinajstić information content (AvgIpc) is 2.47. The lowest BCUT2D eigenvalue weighted by Gasteiger charge is -2.22. The van der Waals surface area contributed by atoms with Crippen molar-refractivity contribution in [1.82, 2.24) is 9.80 Å². The molecule has 1 rings (SSSR count). The predicted octanol–water partition coefficient (Wildman–Crippen LogP) is 2.35. The molecule has 1 aliphatic heterocycles. The summed E-state index contributed by atoms with van der Waals surface area (Å²) in [6.45, 7) is 2.64. The Labute approximate surface area is 75.6 Å². The topological polar surface area (TPSA) is 6.48 Å². The van der Waals surface area contributed by atoms with E-state index >= 15 is 0 Å². The lowest BCUT2D eigenvalue weighted by molar-refractivity contribution is -0.230. The number of alkyl halides is 3. The van der Waals surface area contributed by atoms with Gasteiger partial charge in [-0.2, -0.15) is 13.2 Å². The quantitative estimate of drug-likeness (QED) is 0.636. The van der Waals surface area contributed by atoms with Gasteiger partial charge in [-0.05, 0) is 6.42 Å². The van der Waals surface area contributed by atoms with Gasteiger partial charge in [0.25, 0.3) is 0 Å². The molecule has 1 heterocycles. The van der Waals surface area contributed by atoms with Gasteiger partial charge in [-0.3, -0.25) is 4.90 Å². The first kappa shape index (κ1) is 10.2. The highest BCUT2D eigenvalue weighted by atomic mass is 19.4. The van der Waals surface area contributed by atoms with E-state index in [2.05, 4.69) is 0 Å². The fraction of sp³-hybridized carbons (Fsp3) is 0.750. The van der Waals surface area contributed by atoms with Crippen molar-refractivity contribution >= 4 is 0 Å². The monoisotopic (exact) mass is 194 g/mol. The first-order valence-corrected chi connectivity index (χ1v) is 4.30. The maximum absolute atomic E-state index is 12.1. The first-order valence-electron chi connectivity index (χ1n) is 4.30. The highest BCUT2D eigenvalue weighted by molar-refractivity contribution is 4.91. The van der Waals surface area contributed by atoms with Gasteiger partial charge in [0.1, 0.15) is 0 Å². The Hall–Kier alpha value is -0.870. The number of rotatable bonds is 3. The van der Waals surface area contributed by atoms with Gasteiger partial charge < -0.3 is 4.90 Å². The molecule has 1 aliphatic rings. The Kier molecular flexibility index (Phi) is 3.06. The summed E-state index contributed by atoms with van der Waals surface area (Å²) in [6.07, 6.45) is 0.253. The van der Waals surface area contributed by atoms with E-state index in [0.29, 0.717) is 11.4 Å². The zero-order valence-electron chi connectivity index (χ0n) is 7.51. The van der Waals surface area contributed by atoms with Crippen LogP contribution >= 0.6 is 0 Å².